The lowest BCUT2D eigenvalue weighted by molar-refractivity contribution is -0.0874. The minimum Gasteiger partial charge on any atom is -0.382 e. The summed E-state index contributed by atoms with van der Waals surface area (Å²) in [7, 11) is 1.82. The highest BCUT2D eigenvalue weighted by Crippen LogP contribution is 2.41. The van der Waals surface area contributed by atoms with Crippen LogP contribution in [0.3, 0.4) is 0 Å². The Hall–Kier alpha value is 0.230. The highest BCUT2D eigenvalue weighted by atomic mass is 32.2. The number of hydrogen-bond acceptors (Lipinski definition) is 4. The van der Waals surface area contributed by atoms with E-state index in [1.54, 1.807) is 0 Å². The third-order valence-corrected chi connectivity index (χ3v) is 6.04. The number of methoxy groups -OCH3 is 1. The van der Waals surface area contributed by atoms with E-state index in [1.165, 1.54) is 37.2 Å². The topological polar surface area (TPSA) is 30.5 Å². The molecule has 2 aliphatic heterocycles. The second kappa shape index (κ2) is 8.02. The molecule has 3 nitrogen and oxygen atoms in total. The molecule has 0 amide bonds. The minimum atomic E-state index is 0.191. The van der Waals surface area contributed by atoms with E-state index in [-0.39, 0.29) is 5.60 Å². The molecular formula is C16H31NO2S. The average molecular weight is 301 g/mol. The maximum Gasteiger partial charge on any atom is 0.0783 e. The maximum atomic E-state index is 6.16. The van der Waals surface area contributed by atoms with Crippen LogP contribution in [0.1, 0.15) is 46.0 Å². The molecule has 0 aromatic rings. The molecule has 1 spiro atoms. The van der Waals surface area contributed by atoms with Gasteiger partial charge in [0.15, 0.2) is 0 Å². The average Bonchev–Trinajstić information content (AvgIpc) is 2.91. The first-order valence-electron chi connectivity index (χ1n) is 8.17. The number of thioether (sulfide) groups is 1. The van der Waals surface area contributed by atoms with Crippen molar-refractivity contribution in [1.82, 2.24) is 5.32 Å². The van der Waals surface area contributed by atoms with Gasteiger partial charge in [-0.25, -0.2) is 0 Å². The van der Waals surface area contributed by atoms with E-state index in [9.17, 15) is 0 Å². The van der Waals surface area contributed by atoms with Crippen LogP contribution in [0.2, 0.25) is 0 Å². The normalized spacial score (nSPS) is 33.5. The van der Waals surface area contributed by atoms with Gasteiger partial charge in [0.05, 0.1) is 11.7 Å². The van der Waals surface area contributed by atoms with Crippen LogP contribution in [-0.4, -0.2) is 49.5 Å². The zero-order valence-corrected chi connectivity index (χ0v) is 14.1. The molecule has 4 unspecified atom stereocenters. The van der Waals surface area contributed by atoms with Crippen molar-refractivity contribution in [3.05, 3.63) is 0 Å². The minimum absolute atomic E-state index is 0.191. The lowest BCUT2D eigenvalue weighted by atomic mass is 9.79. The van der Waals surface area contributed by atoms with E-state index < -0.39 is 0 Å². The van der Waals surface area contributed by atoms with Crippen molar-refractivity contribution in [2.24, 2.45) is 5.92 Å². The van der Waals surface area contributed by atoms with Crippen molar-refractivity contribution in [2.45, 2.75) is 63.7 Å². The van der Waals surface area contributed by atoms with Crippen LogP contribution >= 0.6 is 11.8 Å². The van der Waals surface area contributed by atoms with Gasteiger partial charge in [-0.15, -0.1) is 0 Å². The van der Waals surface area contributed by atoms with Gasteiger partial charge in [0, 0.05) is 25.5 Å². The summed E-state index contributed by atoms with van der Waals surface area (Å²) in [5.74, 6) is 3.21. The Morgan fingerprint density at radius 3 is 3.00 bits per heavy atom. The fourth-order valence-corrected chi connectivity index (χ4v) is 4.88. The SMILES string of the molecule is CCCNC(CC(C)OC)C1CCOC2(CCSC2)C1. The third-order valence-electron chi connectivity index (χ3n) is 4.81. The Bertz CT molecular complexity index is 282. The summed E-state index contributed by atoms with van der Waals surface area (Å²) in [6, 6.07) is 0.580. The molecule has 4 heteroatoms. The second-order valence-corrected chi connectivity index (χ2v) is 7.53. The predicted molar refractivity (Wildman–Crippen MR) is 86.5 cm³/mol. The molecule has 0 saturated carbocycles. The van der Waals surface area contributed by atoms with Crippen LogP contribution in [-0.2, 0) is 9.47 Å². The van der Waals surface area contributed by atoms with Crippen molar-refractivity contribution in [2.75, 3.05) is 31.8 Å². The van der Waals surface area contributed by atoms with Gasteiger partial charge < -0.3 is 14.8 Å². The Labute approximate surface area is 128 Å². The summed E-state index contributed by atoms with van der Waals surface area (Å²) in [6.07, 6.45) is 6.32. The number of rotatable bonds is 7. The second-order valence-electron chi connectivity index (χ2n) is 6.43. The molecule has 0 radical (unpaired) electrons. The van der Waals surface area contributed by atoms with Crippen LogP contribution in [0, 0.1) is 5.92 Å². The van der Waals surface area contributed by atoms with Crippen molar-refractivity contribution in [3.63, 3.8) is 0 Å². The molecule has 118 valence electrons. The van der Waals surface area contributed by atoms with Crippen LogP contribution in [0.4, 0.5) is 0 Å². The zero-order chi connectivity index (χ0) is 14.4. The molecule has 0 aromatic carbocycles. The molecule has 0 bridgehead atoms. The number of nitrogens with one attached hydrogen (secondary N) is 1. The van der Waals surface area contributed by atoms with Gasteiger partial charge in [0.1, 0.15) is 0 Å². The highest BCUT2D eigenvalue weighted by molar-refractivity contribution is 7.99. The molecule has 1 N–H and O–H groups in total. The Morgan fingerprint density at radius 2 is 2.35 bits per heavy atom. The smallest absolute Gasteiger partial charge is 0.0783 e. The van der Waals surface area contributed by atoms with Crippen LogP contribution in [0.25, 0.3) is 0 Å². The van der Waals surface area contributed by atoms with Gasteiger partial charge >= 0.3 is 0 Å². The molecular weight excluding hydrogens is 270 g/mol. The van der Waals surface area contributed by atoms with E-state index in [1.807, 2.05) is 7.11 Å². The van der Waals surface area contributed by atoms with E-state index in [2.05, 4.69) is 30.9 Å². The Kier molecular flexibility index (Phi) is 6.66. The summed E-state index contributed by atoms with van der Waals surface area (Å²) < 4.78 is 11.7. The summed E-state index contributed by atoms with van der Waals surface area (Å²) in [5.41, 5.74) is 0.191. The molecule has 2 saturated heterocycles. The summed E-state index contributed by atoms with van der Waals surface area (Å²) >= 11 is 2.06. The first-order chi connectivity index (χ1) is 9.69. The zero-order valence-electron chi connectivity index (χ0n) is 13.3. The van der Waals surface area contributed by atoms with Crippen LogP contribution < -0.4 is 5.32 Å². The quantitative estimate of drug-likeness (QED) is 0.783. The van der Waals surface area contributed by atoms with Crippen LogP contribution in [0.15, 0.2) is 0 Å². The standard InChI is InChI=1S/C16H31NO2S/c1-4-7-17-15(10-13(2)18-3)14-5-8-19-16(11-14)6-9-20-12-16/h13-15,17H,4-12H2,1-3H3. The predicted octanol–water partition coefficient (Wildman–Crippen LogP) is 3.08. The van der Waals surface area contributed by atoms with Crippen LogP contribution in [0.5, 0.6) is 0 Å². The number of hydrogen-bond donors (Lipinski definition) is 1. The molecule has 2 heterocycles. The first-order valence-corrected chi connectivity index (χ1v) is 9.32. The van der Waals surface area contributed by atoms with Gasteiger partial charge in [0.25, 0.3) is 0 Å². The lowest BCUT2D eigenvalue weighted by Crippen LogP contribution is -2.48. The lowest BCUT2D eigenvalue weighted by Gasteiger charge is -2.41. The first kappa shape index (κ1) is 16.6. The van der Waals surface area contributed by atoms with Gasteiger partial charge in [-0.1, -0.05) is 6.92 Å². The van der Waals surface area contributed by atoms with Gasteiger partial charge in [-0.05, 0) is 57.2 Å². The van der Waals surface area contributed by atoms with Crippen molar-refractivity contribution in [1.29, 1.82) is 0 Å². The van der Waals surface area contributed by atoms with E-state index in [0.29, 0.717) is 12.1 Å². The molecule has 0 aliphatic carbocycles. The molecule has 20 heavy (non-hydrogen) atoms. The monoisotopic (exact) mass is 301 g/mol. The summed E-state index contributed by atoms with van der Waals surface area (Å²) in [5, 5.41) is 3.77. The largest absolute Gasteiger partial charge is 0.382 e. The molecule has 2 aliphatic rings. The van der Waals surface area contributed by atoms with Crippen molar-refractivity contribution in [3.8, 4) is 0 Å². The molecule has 2 rings (SSSR count). The third kappa shape index (κ3) is 4.36. The molecule has 0 aromatic heterocycles. The van der Waals surface area contributed by atoms with Crippen molar-refractivity contribution >= 4 is 11.8 Å². The summed E-state index contributed by atoms with van der Waals surface area (Å²) in [4.78, 5) is 0. The van der Waals surface area contributed by atoms with E-state index in [4.69, 9.17) is 9.47 Å². The van der Waals surface area contributed by atoms with Crippen molar-refractivity contribution < 1.29 is 9.47 Å². The molecule has 2 fully saturated rings. The summed E-state index contributed by atoms with van der Waals surface area (Å²) in [6.45, 7) is 6.47. The van der Waals surface area contributed by atoms with E-state index in [0.717, 1.165) is 25.5 Å². The fraction of sp³-hybridized carbons (Fsp3) is 1.00. The highest BCUT2D eigenvalue weighted by Gasteiger charge is 2.42. The van der Waals surface area contributed by atoms with Gasteiger partial charge in [-0.3, -0.25) is 0 Å². The Balaban J connectivity index is 1.95. The van der Waals surface area contributed by atoms with Gasteiger partial charge in [-0.2, -0.15) is 11.8 Å². The van der Waals surface area contributed by atoms with Gasteiger partial charge in [0.2, 0.25) is 0 Å². The van der Waals surface area contributed by atoms with E-state index >= 15 is 0 Å². The number of ether oxygens (including phenoxy) is 2. The maximum absolute atomic E-state index is 6.16. The molecule has 4 atom stereocenters. The fourth-order valence-electron chi connectivity index (χ4n) is 3.50. The Morgan fingerprint density at radius 1 is 1.50 bits per heavy atom.